The molecule has 1 aliphatic heterocycles. The summed E-state index contributed by atoms with van der Waals surface area (Å²) in [6.45, 7) is 4.83. The summed E-state index contributed by atoms with van der Waals surface area (Å²) in [5.74, 6) is -0.549. The van der Waals surface area contributed by atoms with Crippen molar-refractivity contribution >= 4 is 23.8 Å². The molecule has 0 aromatic heterocycles. The molecule has 0 aromatic rings. The molecule has 0 radical (unpaired) electrons. The van der Waals surface area contributed by atoms with E-state index in [1.165, 1.54) is 0 Å². The molecule has 9 heteroatoms. The second-order valence-electron chi connectivity index (χ2n) is 13.6. The van der Waals surface area contributed by atoms with Crippen LogP contribution >= 0.6 is 0 Å². The van der Waals surface area contributed by atoms with E-state index in [2.05, 4.69) is 19.2 Å². The topological polar surface area (TPSA) is 139 Å². The van der Waals surface area contributed by atoms with Crippen LogP contribution in [0, 0.1) is 34.5 Å². The van der Waals surface area contributed by atoms with Crippen molar-refractivity contribution in [1.82, 2.24) is 5.32 Å². The van der Waals surface area contributed by atoms with Crippen molar-refractivity contribution in [3.63, 3.8) is 0 Å². The van der Waals surface area contributed by atoms with E-state index in [1.54, 1.807) is 6.08 Å². The number of rotatable bonds is 9. The predicted octanol–water partition coefficient (Wildman–Crippen LogP) is 3.92. The van der Waals surface area contributed by atoms with E-state index < -0.39 is 17.5 Å². The van der Waals surface area contributed by atoms with Gasteiger partial charge in [0, 0.05) is 24.3 Å². The number of ether oxygens (including phenoxy) is 2. The summed E-state index contributed by atoms with van der Waals surface area (Å²) in [5.41, 5.74) is 0.163. The Labute approximate surface area is 236 Å². The Morgan fingerprint density at radius 2 is 1.80 bits per heavy atom. The Balaban J connectivity index is 1.15. The van der Waals surface area contributed by atoms with Gasteiger partial charge in [0.15, 0.2) is 0 Å². The van der Waals surface area contributed by atoms with Gasteiger partial charge in [0.05, 0.1) is 5.60 Å². The number of hydrogen-bond donors (Lipinski definition) is 3. The van der Waals surface area contributed by atoms with Crippen LogP contribution in [0.5, 0.6) is 0 Å². The van der Waals surface area contributed by atoms with Crippen LogP contribution < -0.4 is 5.32 Å². The van der Waals surface area contributed by atoms with Gasteiger partial charge in [-0.3, -0.25) is 14.4 Å². The molecule has 4 fully saturated rings. The van der Waals surface area contributed by atoms with E-state index in [0.717, 1.165) is 63.4 Å². The summed E-state index contributed by atoms with van der Waals surface area (Å²) in [7, 11) is 0. The van der Waals surface area contributed by atoms with Crippen LogP contribution in [0.15, 0.2) is 11.6 Å². The van der Waals surface area contributed by atoms with E-state index in [9.17, 15) is 24.3 Å². The standard InChI is InChI=1S/C31H45NO8/c1-29-12-9-21(40-28(37)17-32-25(33)5-3-4-6-26(34)35)16-20(29)7-8-24-23(29)10-13-30(2)22(11-14-31(24,30)38)19-15-27(36)39-18-19/h15,20-24,38H,3-14,16-18H2,1-2H3,(H,32,33)(H,34,35)/t20-,21+,22+,23+,24-,29+,30-,31?/m1/s1. The molecule has 1 unspecified atom stereocenters. The SMILES string of the molecule is C[C@]12CC[C@H](OC(=O)CNC(=O)CCCCC(=O)O)C[C@H]1CC[C@@H]1[C@@H]2CC[C@]2(C)[C@H](C3=CC(=O)OC3)CCC12O. The highest BCUT2D eigenvalue weighted by Gasteiger charge is 2.67. The molecule has 0 bridgehead atoms. The second kappa shape index (κ2) is 11.1. The summed E-state index contributed by atoms with van der Waals surface area (Å²) >= 11 is 0. The highest BCUT2D eigenvalue weighted by atomic mass is 16.5. The minimum atomic E-state index is -0.877. The number of esters is 2. The second-order valence-corrected chi connectivity index (χ2v) is 13.6. The van der Waals surface area contributed by atoms with Crippen LogP contribution in [0.2, 0.25) is 0 Å². The Hall–Kier alpha value is -2.42. The van der Waals surface area contributed by atoms with Crippen LogP contribution in [0.3, 0.4) is 0 Å². The molecule has 0 spiro atoms. The van der Waals surface area contributed by atoms with Gasteiger partial charge in [0.1, 0.15) is 19.3 Å². The van der Waals surface area contributed by atoms with Crippen LogP contribution in [-0.4, -0.2) is 58.9 Å². The van der Waals surface area contributed by atoms with Crippen molar-refractivity contribution < 1.29 is 38.9 Å². The van der Waals surface area contributed by atoms with Gasteiger partial charge in [-0.15, -0.1) is 0 Å². The van der Waals surface area contributed by atoms with Gasteiger partial charge in [-0.1, -0.05) is 13.8 Å². The largest absolute Gasteiger partial charge is 0.481 e. The lowest BCUT2D eigenvalue weighted by Crippen LogP contribution is -2.62. The van der Waals surface area contributed by atoms with Crippen LogP contribution in [0.1, 0.15) is 97.3 Å². The monoisotopic (exact) mass is 559 g/mol. The van der Waals surface area contributed by atoms with Crippen LogP contribution in [-0.2, 0) is 28.7 Å². The zero-order chi connectivity index (χ0) is 28.7. The Morgan fingerprint density at radius 3 is 2.52 bits per heavy atom. The molecule has 40 heavy (non-hydrogen) atoms. The molecule has 222 valence electrons. The van der Waals surface area contributed by atoms with Gasteiger partial charge >= 0.3 is 17.9 Å². The van der Waals surface area contributed by atoms with Gasteiger partial charge in [0.2, 0.25) is 5.91 Å². The van der Waals surface area contributed by atoms with E-state index in [0.29, 0.717) is 31.3 Å². The number of aliphatic hydroxyl groups is 1. The molecule has 0 aromatic carbocycles. The minimum absolute atomic E-state index is 0.0354. The molecule has 0 saturated heterocycles. The molecule has 9 nitrogen and oxygen atoms in total. The third kappa shape index (κ3) is 5.19. The first kappa shape index (κ1) is 29.1. The zero-order valence-corrected chi connectivity index (χ0v) is 23.9. The highest BCUT2D eigenvalue weighted by molar-refractivity contribution is 5.85. The van der Waals surface area contributed by atoms with E-state index in [-0.39, 0.29) is 60.0 Å². The maximum atomic E-state index is 12.5. The maximum absolute atomic E-state index is 12.5. The molecule has 5 rings (SSSR count). The fraction of sp³-hybridized carbons (Fsp3) is 0.806. The van der Waals surface area contributed by atoms with Crippen molar-refractivity contribution in [3.8, 4) is 0 Å². The number of unbranched alkanes of at least 4 members (excludes halogenated alkanes) is 1. The Kier molecular flexibility index (Phi) is 8.07. The lowest BCUT2D eigenvalue weighted by atomic mass is 9.43. The highest BCUT2D eigenvalue weighted by Crippen LogP contribution is 2.70. The van der Waals surface area contributed by atoms with Crippen molar-refractivity contribution in [2.24, 2.45) is 34.5 Å². The molecule has 4 saturated carbocycles. The third-order valence-electron chi connectivity index (χ3n) is 11.7. The summed E-state index contributed by atoms with van der Waals surface area (Å²) in [6, 6.07) is 0. The smallest absolute Gasteiger partial charge is 0.331 e. The van der Waals surface area contributed by atoms with Crippen molar-refractivity contribution in [2.75, 3.05) is 13.2 Å². The predicted molar refractivity (Wildman–Crippen MR) is 145 cm³/mol. The average Bonchev–Trinajstić information content (AvgIpc) is 3.45. The summed E-state index contributed by atoms with van der Waals surface area (Å²) in [5, 5.41) is 23.6. The van der Waals surface area contributed by atoms with E-state index >= 15 is 0 Å². The zero-order valence-electron chi connectivity index (χ0n) is 23.9. The normalized spacial score (nSPS) is 40.2. The number of nitrogens with one attached hydrogen (secondary N) is 1. The van der Waals surface area contributed by atoms with Crippen LogP contribution in [0.25, 0.3) is 0 Å². The van der Waals surface area contributed by atoms with Gasteiger partial charge in [-0.05, 0) is 105 Å². The number of aliphatic carboxylic acids is 1. The molecular weight excluding hydrogens is 514 g/mol. The molecule has 1 amide bonds. The first-order chi connectivity index (χ1) is 19.0. The quantitative estimate of drug-likeness (QED) is 0.285. The fourth-order valence-electron chi connectivity index (χ4n) is 9.53. The summed E-state index contributed by atoms with van der Waals surface area (Å²) in [4.78, 5) is 46.8. The lowest BCUT2D eigenvalue weighted by Gasteiger charge is -2.63. The summed E-state index contributed by atoms with van der Waals surface area (Å²) < 4.78 is 11.0. The molecular formula is C31H45NO8. The van der Waals surface area contributed by atoms with Gasteiger partial charge in [-0.25, -0.2) is 4.79 Å². The van der Waals surface area contributed by atoms with Gasteiger partial charge in [-0.2, -0.15) is 0 Å². The number of cyclic esters (lactones) is 1. The Bertz CT molecular complexity index is 1070. The van der Waals surface area contributed by atoms with Crippen LogP contribution in [0.4, 0.5) is 0 Å². The van der Waals surface area contributed by atoms with Crippen molar-refractivity contribution in [3.05, 3.63) is 11.6 Å². The third-order valence-corrected chi connectivity index (χ3v) is 11.7. The number of carboxylic acid groups (broad SMARTS) is 1. The lowest BCUT2D eigenvalue weighted by molar-refractivity contribution is -0.210. The van der Waals surface area contributed by atoms with E-state index in [1.807, 2.05) is 0 Å². The van der Waals surface area contributed by atoms with Crippen molar-refractivity contribution in [1.29, 1.82) is 0 Å². The average molecular weight is 560 g/mol. The molecule has 3 N–H and O–H groups in total. The fourth-order valence-corrected chi connectivity index (χ4v) is 9.53. The molecule has 5 aliphatic rings. The number of carbonyl (C=O) groups is 4. The number of fused-ring (bicyclic) bond motifs is 5. The number of carboxylic acids is 1. The van der Waals surface area contributed by atoms with E-state index in [4.69, 9.17) is 14.6 Å². The summed E-state index contributed by atoms with van der Waals surface area (Å²) in [6.07, 6.45) is 10.8. The Morgan fingerprint density at radius 1 is 1.02 bits per heavy atom. The number of amides is 1. The molecule has 8 atom stereocenters. The van der Waals surface area contributed by atoms with Gasteiger partial charge in [0.25, 0.3) is 0 Å². The maximum Gasteiger partial charge on any atom is 0.331 e. The molecule has 4 aliphatic carbocycles. The first-order valence-electron chi connectivity index (χ1n) is 15.2. The number of hydrogen-bond acceptors (Lipinski definition) is 7. The first-order valence-corrected chi connectivity index (χ1v) is 15.2. The molecule has 1 heterocycles. The van der Waals surface area contributed by atoms with Crippen molar-refractivity contribution in [2.45, 2.75) is 109 Å². The minimum Gasteiger partial charge on any atom is -0.481 e. The number of carbonyl (C=O) groups excluding carboxylic acids is 3. The van der Waals surface area contributed by atoms with Gasteiger partial charge < -0.3 is 25.0 Å².